The molecule has 0 bridgehead atoms. The highest BCUT2D eigenvalue weighted by Crippen LogP contribution is 2.27. The molecule has 2 heterocycles. The summed E-state index contributed by atoms with van der Waals surface area (Å²) in [5.74, 6) is -0.181. The zero-order chi connectivity index (χ0) is 17.2. The quantitative estimate of drug-likeness (QED) is 0.698. The van der Waals surface area contributed by atoms with Gasteiger partial charge >= 0.3 is 0 Å². The lowest BCUT2D eigenvalue weighted by molar-refractivity contribution is 0.0940. The second-order valence-corrected chi connectivity index (χ2v) is 7.99. The van der Waals surface area contributed by atoms with E-state index >= 15 is 0 Å². The summed E-state index contributed by atoms with van der Waals surface area (Å²) in [4.78, 5) is 12.4. The smallest absolute Gasteiger partial charge is 0.253 e. The minimum Gasteiger partial charge on any atom is -0.467 e. The molecule has 1 aliphatic rings. The van der Waals surface area contributed by atoms with Crippen molar-refractivity contribution >= 4 is 21.4 Å². The van der Waals surface area contributed by atoms with E-state index < -0.39 is 15.6 Å². The van der Waals surface area contributed by atoms with Gasteiger partial charge in [-0.3, -0.25) is 4.79 Å². The van der Waals surface area contributed by atoms with Crippen molar-refractivity contribution < 1.29 is 22.7 Å². The van der Waals surface area contributed by atoms with E-state index in [4.69, 9.17) is 4.42 Å². The normalized spacial score (nSPS) is 22.2. The van der Waals surface area contributed by atoms with Gasteiger partial charge in [0.05, 0.1) is 29.9 Å². The van der Waals surface area contributed by atoms with Crippen LogP contribution in [-0.4, -0.2) is 36.7 Å². The number of nitrogens with one attached hydrogen (secondary N) is 2. The molecule has 3 rings (SSSR count). The van der Waals surface area contributed by atoms with Crippen LogP contribution in [0.3, 0.4) is 0 Å². The number of anilines is 1. The van der Waals surface area contributed by atoms with Crippen LogP contribution in [0, 0.1) is 0 Å². The summed E-state index contributed by atoms with van der Waals surface area (Å²) in [6.07, 6.45) is 1.60. The van der Waals surface area contributed by atoms with Crippen LogP contribution in [0.1, 0.15) is 22.5 Å². The molecule has 1 aromatic heterocycles. The number of hydrogen-bond acceptors (Lipinski definition) is 6. The number of carbonyl (C=O) groups excluding carboxylic acids is 1. The number of sulfone groups is 1. The number of benzene rings is 1. The molecule has 1 atom stereocenters. The minimum atomic E-state index is -3.27. The molecule has 128 valence electrons. The summed E-state index contributed by atoms with van der Waals surface area (Å²) >= 11 is 0. The standard InChI is InChI=1S/C16H18N2O5S/c19-15(17-10-12-4-3-8-23-12)13-5-1-2-6-14(13)18-16(20)7-9-24(21,22)11-16/h1-6,8,18,20H,7,9-11H2,(H,17,19). The molecule has 0 radical (unpaired) electrons. The fourth-order valence-corrected chi connectivity index (χ4v) is 4.38. The molecular weight excluding hydrogens is 332 g/mol. The lowest BCUT2D eigenvalue weighted by Gasteiger charge is -2.25. The second kappa shape index (κ2) is 6.29. The van der Waals surface area contributed by atoms with Gasteiger partial charge in [-0.2, -0.15) is 0 Å². The highest BCUT2D eigenvalue weighted by molar-refractivity contribution is 7.91. The zero-order valence-corrected chi connectivity index (χ0v) is 13.7. The van der Waals surface area contributed by atoms with Gasteiger partial charge < -0.3 is 20.2 Å². The third-order valence-electron chi connectivity index (χ3n) is 3.83. The summed E-state index contributed by atoms with van der Waals surface area (Å²) < 4.78 is 28.4. The molecule has 24 heavy (non-hydrogen) atoms. The molecule has 8 heteroatoms. The van der Waals surface area contributed by atoms with Crippen LogP contribution in [-0.2, 0) is 16.4 Å². The van der Waals surface area contributed by atoms with Crippen molar-refractivity contribution in [1.29, 1.82) is 0 Å². The van der Waals surface area contributed by atoms with Crippen LogP contribution < -0.4 is 10.6 Å². The highest BCUT2D eigenvalue weighted by atomic mass is 32.2. The first-order valence-electron chi connectivity index (χ1n) is 7.48. The fourth-order valence-electron chi connectivity index (χ4n) is 2.65. The minimum absolute atomic E-state index is 0.0800. The Bertz CT molecular complexity index is 832. The number of hydrogen-bond donors (Lipinski definition) is 3. The van der Waals surface area contributed by atoms with Crippen molar-refractivity contribution in [3.63, 3.8) is 0 Å². The Morgan fingerprint density at radius 3 is 2.71 bits per heavy atom. The number of amides is 1. The summed E-state index contributed by atoms with van der Waals surface area (Å²) in [5, 5.41) is 16.0. The van der Waals surface area contributed by atoms with Gasteiger partial charge in [0.2, 0.25) is 0 Å². The van der Waals surface area contributed by atoms with Crippen LogP contribution in [0.2, 0.25) is 0 Å². The molecule has 2 aromatic rings. The highest BCUT2D eigenvalue weighted by Gasteiger charge is 2.41. The lowest BCUT2D eigenvalue weighted by atomic mass is 10.1. The van der Waals surface area contributed by atoms with Crippen LogP contribution in [0.25, 0.3) is 0 Å². The predicted molar refractivity (Wildman–Crippen MR) is 88.2 cm³/mol. The number of para-hydroxylation sites is 1. The zero-order valence-electron chi connectivity index (χ0n) is 12.9. The lowest BCUT2D eigenvalue weighted by Crippen LogP contribution is -2.40. The first kappa shape index (κ1) is 16.5. The Morgan fingerprint density at radius 1 is 1.25 bits per heavy atom. The van der Waals surface area contributed by atoms with Gasteiger partial charge in [-0.05, 0) is 24.3 Å². The topological polar surface area (TPSA) is 109 Å². The van der Waals surface area contributed by atoms with Gasteiger partial charge in [0.15, 0.2) is 15.6 Å². The Balaban J connectivity index is 1.74. The van der Waals surface area contributed by atoms with E-state index in [1.807, 2.05) is 0 Å². The van der Waals surface area contributed by atoms with Crippen molar-refractivity contribution in [3.8, 4) is 0 Å². The first-order valence-corrected chi connectivity index (χ1v) is 9.30. The van der Waals surface area contributed by atoms with E-state index in [1.165, 1.54) is 6.26 Å². The number of aliphatic hydroxyl groups is 1. The number of carbonyl (C=O) groups is 1. The molecule has 7 nitrogen and oxygen atoms in total. The van der Waals surface area contributed by atoms with Gasteiger partial charge in [-0.1, -0.05) is 12.1 Å². The van der Waals surface area contributed by atoms with E-state index in [0.717, 1.165) is 0 Å². The monoisotopic (exact) mass is 350 g/mol. The fraction of sp³-hybridized carbons (Fsp3) is 0.312. The summed E-state index contributed by atoms with van der Waals surface area (Å²) in [6.45, 7) is 0.235. The van der Waals surface area contributed by atoms with Crippen molar-refractivity contribution in [2.24, 2.45) is 0 Å². The molecule has 0 spiro atoms. The molecule has 1 aromatic carbocycles. The van der Waals surface area contributed by atoms with Crippen LogP contribution >= 0.6 is 0 Å². The third kappa shape index (κ3) is 3.77. The van der Waals surface area contributed by atoms with E-state index in [0.29, 0.717) is 17.0 Å². The van der Waals surface area contributed by atoms with Crippen LogP contribution in [0.15, 0.2) is 47.1 Å². The summed E-state index contributed by atoms with van der Waals surface area (Å²) in [7, 11) is -3.27. The summed E-state index contributed by atoms with van der Waals surface area (Å²) in [6, 6.07) is 10.1. The van der Waals surface area contributed by atoms with Gasteiger partial charge in [0.25, 0.3) is 5.91 Å². The Morgan fingerprint density at radius 2 is 2.04 bits per heavy atom. The van der Waals surface area contributed by atoms with Crippen LogP contribution in [0.4, 0.5) is 5.69 Å². The molecule has 0 saturated carbocycles. The number of rotatable bonds is 5. The molecular formula is C16H18N2O5S. The molecule has 1 amide bonds. The Labute approximate surface area is 139 Å². The van der Waals surface area contributed by atoms with Crippen molar-refractivity contribution in [2.45, 2.75) is 18.7 Å². The van der Waals surface area contributed by atoms with Gasteiger partial charge in [-0.25, -0.2) is 8.42 Å². The maximum Gasteiger partial charge on any atom is 0.253 e. The maximum absolute atomic E-state index is 12.4. The molecule has 3 N–H and O–H groups in total. The van der Waals surface area contributed by atoms with E-state index in [1.54, 1.807) is 36.4 Å². The van der Waals surface area contributed by atoms with Crippen molar-refractivity contribution in [1.82, 2.24) is 5.32 Å². The van der Waals surface area contributed by atoms with Gasteiger partial charge in [0.1, 0.15) is 5.76 Å². The molecule has 1 fully saturated rings. The second-order valence-electron chi connectivity index (χ2n) is 5.81. The predicted octanol–water partition coefficient (Wildman–Crippen LogP) is 1.13. The summed E-state index contributed by atoms with van der Waals surface area (Å²) in [5.41, 5.74) is -0.855. The first-order chi connectivity index (χ1) is 11.4. The van der Waals surface area contributed by atoms with E-state index in [2.05, 4.69) is 10.6 Å². The number of furan rings is 1. The Hall–Kier alpha value is -2.32. The average molecular weight is 350 g/mol. The SMILES string of the molecule is O=C(NCc1ccco1)c1ccccc1NC1(O)CCS(=O)(=O)C1. The molecule has 1 unspecified atom stereocenters. The molecule has 0 aliphatic carbocycles. The third-order valence-corrected chi connectivity index (χ3v) is 5.57. The molecule has 1 aliphatic heterocycles. The average Bonchev–Trinajstić information content (AvgIpc) is 3.13. The molecule has 1 saturated heterocycles. The van der Waals surface area contributed by atoms with E-state index in [-0.39, 0.29) is 30.4 Å². The van der Waals surface area contributed by atoms with Gasteiger partial charge in [0, 0.05) is 12.1 Å². The van der Waals surface area contributed by atoms with Crippen molar-refractivity contribution in [2.75, 3.05) is 16.8 Å². The largest absolute Gasteiger partial charge is 0.467 e. The van der Waals surface area contributed by atoms with Gasteiger partial charge in [-0.15, -0.1) is 0 Å². The van der Waals surface area contributed by atoms with E-state index in [9.17, 15) is 18.3 Å². The maximum atomic E-state index is 12.4. The van der Waals surface area contributed by atoms with Crippen LogP contribution in [0.5, 0.6) is 0 Å². The Kier molecular flexibility index (Phi) is 4.33. The van der Waals surface area contributed by atoms with Crippen molar-refractivity contribution in [3.05, 3.63) is 54.0 Å².